The minimum atomic E-state index is -0.201. The Morgan fingerprint density at radius 3 is 2.54 bits per heavy atom. The van der Waals surface area contributed by atoms with Gasteiger partial charge in [-0.25, -0.2) is 0 Å². The maximum Gasteiger partial charge on any atom is 0.237 e. The van der Waals surface area contributed by atoms with Gasteiger partial charge in [0.25, 0.3) is 0 Å². The summed E-state index contributed by atoms with van der Waals surface area (Å²) >= 11 is 0. The fourth-order valence-corrected chi connectivity index (χ4v) is 0.864. The van der Waals surface area contributed by atoms with Gasteiger partial charge in [-0.15, -0.1) is 13.2 Å². The molecule has 0 aliphatic heterocycles. The van der Waals surface area contributed by atoms with Crippen LogP contribution >= 0.6 is 0 Å². The second-order valence-electron chi connectivity index (χ2n) is 2.95. The average molecular weight is 182 g/mol. The van der Waals surface area contributed by atoms with Gasteiger partial charge in [-0.2, -0.15) is 0 Å². The van der Waals surface area contributed by atoms with E-state index in [0.717, 1.165) is 0 Å². The summed E-state index contributed by atoms with van der Waals surface area (Å²) in [4.78, 5) is 11.3. The van der Waals surface area contributed by atoms with Crippen LogP contribution in [0.25, 0.3) is 0 Å². The lowest BCUT2D eigenvalue weighted by Gasteiger charge is -2.16. The monoisotopic (exact) mass is 182 g/mol. The first-order valence-corrected chi connectivity index (χ1v) is 4.39. The zero-order valence-corrected chi connectivity index (χ0v) is 8.34. The molecule has 13 heavy (non-hydrogen) atoms. The lowest BCUT2D eigenvalue weighted by atomic mass is 10.2. The topological polar surface area (TPSA) is 41.1 Å². The third-order valence-corrected chi connectivity index (χ3v) is 1.68. The van der Waals surface area contributed by atoms with Crippen LogP contribution in [0, 0.1) is 0 Å². The fourth-order valence-electron chi connectivity index (χ4n) is 0.864. The van der Waals surface area contributed by atoms with Crippen molar-refractivity contribution in [3.05, 3.63) is 25.3 Å². The molecule has 0 aliphatic carbocycles. The van der Waals surface area contributed by atoms with Crippen LogP contribution < -0.4 is 10.6 Å². The molecule has 0 fully saturated rings. The summed E-state index contributed by atoms with van der Waals surface area (Å²) < 4.78 is 0. The van der Waals surface area contributed by atoms with E-state index in [1.807, 2.05) is 13.8 Å². The first kappa shape index (κ1) is 11.9. The molecule has 2 unspecified atom stereocenters. The molecule has 2 N–H and O–H groups in total. The lowest BCUT2D eigenvalue weighted by Crippen LogP contribution is -2.45. The molecule has 0 spiro atoms. The zero-order chi connectivity index (χ0) is 10.3. The summed E-state index contributed by atoms with van der Waals surface area (Å²) in [6, 6.07) is -0.0579. The van der Waals surface area contributed by atoms with Crippen LogP contribution in [0.2, 0.25) is 0 Å². The van der Waals surface area contributed by atoms with Gasteiger partial charge in [-0.1, -0.05) is 12.2 Å². The molecule has 0 aromatic heterocycles. The van der Waals surface area contributed by atoms with E-state index in [2.05, 4.69) is 23.8 Å². The smallest absolute Gasteiger partial charge is 0.237 e. The van der Waals surface area contributed by atoms with E-state index >= 15 is 0 Å². The molecule has 1 amide bonds. The first-order chi connectivity index (χ1) is 6.11. The highest BCUT2D eigenvalue weighted by Crippen LogP contribution is 1.88. The van der Waals surface area contributed by atoms with Crippen molar-refractivity contribution in [1.82, 2.24) is 10.6 Å². The van der Waals surface area contributed by atoms with E-state index in [1.165, 1.54) is 0 Å². The fraction of sp³-hybridized carbons (Fsp3) is 0.500. The lowest BCUT2D eigenvalue weighted by molar-refractivity contribution is -0.122. The molecular formula is C10H18N2O. The van der Waals surface area contributed by atoms with E-state index in [1.54, 1.807) is 12.2 Å². The predicted octanol–water partition coefficient (Wildman–Crippen LogP) is 0.841. The molecule has 0 aliphatic rings. The van der Waals surface area contributed by atoms with Crippen molar-refractivity contribution in [2.45, 2.75) is 25.9 Å². The molecule has 0 bridgehead atoms. The Hall–Kier alpha value is -1.09. The molecule has 0 aromatic rings. The van der Waals surface area contributed by atoms with Gasteiger partial charge in [0.1, 0.15) is 0 Å². The van der Waals surface area contributed by atoms with E-state index in [0.29, 0.717) is 6.54 Å². The maximum absolute atomic E-state index is 11.3. The quantitative estimate of drug-likeness (QED) is 0.598. The van der Waals surface area contributed by atoms with Crippen LogP contribution in [0.5, 0.6) is 0 Å². The number of nitrogens with one attached hydrogen (secondary N) is 2. The van der Waals surface area contributed by atoms with Gasteiger partial charge in [0.05, 0.1) is 6.04 Å². The Labute approximate surface area is 79.9 Å². The SMILES string of the molecule is C=CCNC(=O)C(C)NC(C)C=C. The van der Waals surface area contributed by atoms with Gasteiger partial charge >= 0.3 is 0 Å². The van der Waals surface area contributed by atoms with Crippen molar-refractivity contribution in [2.24, 2.45) is 0 Å². The number of rotatable bonds is 6. The largest absolute Gasteiger partial charge is 0.351 e. The molecular weight excluding hydrogens is 164 g/mol. The first-order valence-electron chi connectivity index (χ1n) is 4.39. The summed E-state index contributed by atoms with van der Waals surface area (Å²) in [5, 5.41) is 5.78. The van der Waals surface area contributed by atoms with Gasteiger partial charge in [0, 0.05) is 12.6 Å². The molecule has 3 heteroatoms. The molecule has 0 heterocycles. The summed E-state index contributed by atoms with van der Waals surface area (Å²) in [5.74, 6) is -0.0198. The van der Waals surface area contributed by atoms with Crippen LogP contribution in [-0.4, -0.2) is 24.5 Å². The van der Waals surface area contributed by atoms with Crippen LogP contribution in [-0.2, 0) is 4.79 Å². The Kier molecular flexibility index (Phi) is 5.89. The Balaban J connectivity index is 3.81. The molecule has 0 saturated carbocycles. The van der Waals surface area contributed by atoms with Crippen molar-refractivity contribution in [3.63, 3.8) is 0 Å². The number of hydrogen-bond acceptors (Lipinski definition) is 2. The minimum absolute atomic E-state index is 0.0198. The number of carbonyl (C=O) groups excluding carboxylic acids is 1. The molecule has 0 saturated heterocycles. The third kappa shape index (κ3) is 5.20. The summed E-state index contributed by atoms with van der Waals surface area (Å²) in [5.41, 5.74) is 0. The molecule has 74 valence electrons. The Morgan fingerprint density at radius 2 is 2.08 bits per heavy atom. The Morgan fingerprint density at radius 1 is 1.46 bits per heavy atom. The molecule has 0 rings (SSSR count). The standard InChI is InChI=1S/C10H18N2O/c1-5-7-11-10(13)9(4)12-8(3)6-2/h5-6,8-9,12H,1-2,7H2,3-4H3,(H,11,13). The van der Waals surface area contributed by atoms with Crippen molar-refractivity contribution < 1.29 is 4.79 Å². The summed E-state index contributed by atoms with van der Waals surface area (Å²) in [6.45, 7) is 11.4. The molecule has 2 atom stereocenters. The van der Waals surface area contributed by atoms with E-state index < -0.39 is 0 Å². The maximum atomic E-state index is 11.3. The zero-order valence-electron chi connectivity index (χ0n) is 8.34. The van der Waals surface area contributed by atoms with Crippen LogP contribution in [0.15, 0.2) is 25.3 Å². The van der Waals surface area contributed by atoms with Gasteiger partial charge in [-0.3, -0.25) is 4.79 Å². The van der Waals surface area contributed by atoms with Gasteiger partial charge in [-0.05, 0) is 13.8 Å². The second kappa shape index (κ2) is 6.43. The van der Waals surface area contributed by atoms with Gasteiger partial charge in [0.2, 0.25) is 5.91 Å². The van der Waals surface area contributed by atoms with E-state index in [4.69, 9.17) is 0 Å². The molecule has 3 nitrogen and oxygen atoms in total. The molecule has 0 radical (unpaired) electrons. The second-order valence-corrected chi connectivity index (χ2v) is 2.95. The highest BCUT2D eigenvalue weighted by molar-refractivity contribution is 5.81. The number of hydrogen-bond donors (Lipinski definition) is 2. The van der Waals surface area contributed by atoms with Crippen molar-refractivity contribution in [3.8, 4) is 0 Å². The van der Waals surface area contributed by atoms with Gasteiger partial charge in [0.15, 0.2) is 0 Å². The highest BCUT2D eigenvalue weighted by atomic mass is 16.2. The normalized spacial score (nSPS) is 14.3. The van der Waals surface area contributed by atoms with E-state index in [9.17, 15) is 4.79 Å². The van der Waals surface area contributed by atoms with Crippen LogP contribution in [0.3, 0.4) is 0 Å². The van der Waals surface area contributed by atoms with Crippen LogP contribution in [0.4, 0.5) is 0 Å². The summed E-state index contributed by atoms with van der Waals surface area (Å²) in [6.07, 6.45) is 3.42. The van der Waals surface area contributed by atoms with Crippen molar-refractivity contribution >= 4 is 5.91 Å². The number of amides is 1. The predicted molar refractivity (Wildman–Crippen MR) is 55.5 cm³/mol. The molecule has 0 aromatic carbocycles. The third-order valence-electron chi connectivity index (χ3n) is 1.68. The minimum Gasteiger partial charge on any atom is -0.351 e. The van der Waals surface area contributed by atoms with Crippen molar-refractivity contribution in [2.75, 3.05) is 6.54 Å². The number of carbonyl (C=O) groups is 1. The Bertz CT molecular complexity index is 189. The van der Waals surface area contributed by atoms with Crippen molar-refractivity contribution in [1.29, 1.82) is 0 Å². The highest BCUT2D eigenvalue weighted by Gasteiger charge is 2.12. The average Bonchev–Trinajstić information content (AvgIpc) is 2.13. The van der Waals surface area contributed by atoms with Gasteiger partial charge < -0.3 is 10.6 Å². The van der Waals surface area contributed by atoms with Crippen LogP contribution in [0.1, 0.15) is 13.8 Å². The summed E-state index contributed by atoms with van der Waals surface area (Å²) in [7, 11) is 0. The van der Waals surface area contributed by atoms with E-state index in [-0.39, 0.29) is 18.0 Å².